The molecule has 3 rings (SSSR count). The fourth-order valence-electron chi connectivity index (χ4n) is 3.15. The molecular weight excluding hydrogens is 196 g/mol. The number of nitrogens with zero attached hydrogens (tertiary/aromatic N) is 1. The molecule has 0 bridgehead atoms. The van der Waals surface area contributed by atoms with E-state index in [1.807, 2.05) is 0 Å². The van der Waals surface area contributed by atoms with Gasteiger partial charge >= 0.3 is 0 Å². The van der Waals surface area contributed by atoms with E-state index in [-0.39, 0.29) is 0 Å². The Kier molecular flexibility index (Phi) is 2.70. The van der Waals surface area contributed by atoms with Crippen molar-refractivity contribution in [2.75, 3.05) is 26.2 Å². The number of benzene rings is 1. The first-order valence-corrected chi connectivity index (χ1v) is 6.33. The maximum atomic E-state index is 3.51. The van der Waals surface area contributed by atoms with Crippen LogP contribution in [0.4, 0.5) is 0 Å². The van der Waals surface area contributed by atoms with E-state index in [0.29, 0.717) is 5.41 Å². The molecule has 1 aromatic carbocycles. The molecule has 0 amide bonds. The summed E-state index contributed by atoms with van der Waals surface area (Å²) >= 11 is 0. The number of rotatable bonds is 2. The fourth-order valence-corrected chi connectivity index (χ4v) is 3.15. The van der Waals surface area contributed by atoms with Crippen LogP contribution in [-0.2, 0) is 6.54 Å². The minimum Gasteiger partial charge on any atom is -0.316 e. The first-order chi connectivity index (χ1) is 7.86. The van der Waals surface area contributed by atoms with Gasteiger partial charge in [0.15, 0.2) is 0 Å². The van der Waals surface area contributed by atoms with Gasteiger partial charge in [-0.3, -0.25) is 4.90 Å². The first kappa shape index (κ1) is 10.3. The molecule has 2 saturated heterocycles. The predicted octanol–water partition coefficient (Wildman–Crippen LogP) is 1.87. The van der Waals surface area contributed by atoms with Gasteiger partial charge in [-0.25, -0.2) is 0 Å². The third kappa shape index (κ3) is 2.00. The number of likely N-dealkylation sites (tertiary alicyclic amines) is 1. The average molecular weight is 216 g/mol. The van der Waals surface area contributed by atoms with Crippen molar-refractivity contribution in [3.8, 4) is 0 Å². The third-order valence-corrected chi connectivity index (χ3v) is 4.10. The van der Waals surface area contributed by atoms with Crippen molar-refractivity contribution in [1.29, 1.82) is 0 Å². The Balaban J connectivity index is 1.62. The van der Waals surface area contributed by atoms with Crippen molar-refractivity contribution >= 4 is 0 Å². The van der Waals surface area contributed by atoms with E-state index in [9.17, 15) is 0 Å². The summed E-state index contributed by atoms with van der Waals surface area (Å²) in [5.74, 6) is 0. The number of nitrogens with one attached hydrogen (secondary N) is 1. The Morgan fingerprint density at radius 3 is 2.81 bits per heavy atom. The van der Waals surface area contributed by atoms with E-state index in [4.69, 9.17) is 0 Å². The summed E-state index contributed by atoms with van der Waals surface area (Å²) in [6, 6.07) is 10.8. The van der Waals surface area contributed by atoms with Gasteiger partial charge in [-0.1, -0.05) is 30.3 Å². The van der Waals surface area contributed by atoms with Gasteiger partial charge in [0, 0.05) is 19.6 Å². The molecule has 2 nitrogen and oxygen atoms in total. The van der Waals surface area contributed by atoms with Crippen molar-refractivity contribution in [1.82, 2.24) is 10.2 Å². The average Bonchev–Trinajstić information content (AvgIpc) is 2.92. The Labute approximate surface area is 97.6 Å². The molecule has 0 unspecified atom stereocenters. The molecule has 86 valence electrons. The van der Waals surface area contributed by atoms with E-state index in [2.05, 4.69) is 40.5 Å². The maximum Gasteiger partial charge on any atom is 0.0233 e. The number of hydrogen-bond acceptors (Lipinski definition) is 2. The van der Waals surface area contributed by atoms with Crippen LogP contribution in [0.25, 0.3) is 0 Å². The van der Waals surface area contributed by atoms with Crippen LogP contribution in [0.5, 0.6) is 0 Å². The Bertz CT molecular complexity index is 341. The molecule has 1 spiro atoms. The lowest BCUT2D eigenvalue weighted by Gasteiger charge is -2.22. The fraction of sp³-hybridized carbons (Fsp3) is 0.571. The highest BCUT2D eigenvalue weighted by atomic mass is 15.2. The molecule has 16 heavy (non-hydrogen) atoms. The molecule has 0 aromatic heterocycles. The van der Waals surface area contributed by atoms with E-state index in [0.717, 1.165) is 6.54 Å². The Morgan fingerprint density at radius 1 is 1.19 bits per heavy atom. The SMILES string of the molecule is c1ccc(CN2CC[C@]3(CCNC3)C2)cc1. The van der Waals surface area contributed by atoms with Crippen molar-refractivity contribution in [3.05, 3.63) is 35.9 Å². The van der Waals surface area contributed by atoms with E-state index in [1.165, 1.54) is 44.6 Å². The highest BCUT2D eigenvalue weighted by Gasteiger charge is 2.39. The molecule has 2 aliphatic rings. The van der Waals surface area contributed by atoms with Crippen molar-refractivity contribution in [2.45, 2.75) is 19.4 Å². The summed E-state index contributed by atoms with van der Waals surface area (Å²) in [5.41, 5.74) is 2.06. The molecule has 2 aliphatic heterocycles. The van der Waals surface area contributed by atoms with Crippen LogP contribution in [0.3, 0.4) is 0 Å². The zero-order valence-corrected chi connectivity index (χ0v) is 9.78. The molecule has 0 radical (unpaired) electrons. The van der Waals surface area contributed by atoms with Crippen LogP contribution in [0.1, 0.15) is 18.4 Å². The van der Waals surface area contributed by atoms with Gasteiger partial charge in [0.25, 0.3) is 0 Å². The summed E-state index contributed by atoms with van der Waals surface area (Å²) in [4.78, 5) is 2.61. The molecular formula is C14H20N2. The lowest BCUT2D eigenvalue weighted by molar-refractivity contribution is 0.268. The highest BCUT2D eigenvalue weighted by Crippen LogP contribution is 2.36. The minimum atomic E-state index is 0.606. The molecule has 2 heterocycles. The second-order valence-corrected chi connectivity index (χ2v) is 5.37. The second kappa shape index (κ2) is 4.19. The number of hydrogen-bond donors (Lipinski definition) is 1. The van der Waals surface area contributed by atoms with Gasteiger partial charge in [-0.15, -0.1) is 0 Å². The monoisotopic (exact) mass is 216 g/mol. The molecule has 2 fully saturated rings. The van der Waals surface area contributed by atoms with Crippen molar-refractivity contribution in [3.63, 3.8) is 0 Å². The minimum absolute atomic E-state index is 0.606. The second-order valence-electron chi connectivity index (χ2n) is 5.37. The van der Waals surface area contributed by atoms with Gasteiger partial charge in [0.05, 0.1) is 0 Å². The van der Waals surface area contributed by atoms with Crippen LogP contribution in [0.2, 0.25) is 0 Å². The summed E-state index contributed by atoms with van der Waals surface area (Å²) in [6.45, 7) is 6.14. The van der Waals surface area contributed by atoms with Crippen LogP contribution in [-0.4, -0.2) is 31.1 Å². The van der Waals surface area contributed by atoms with Gasteiger partial charge in [-0.2, -0.15) is 0 Å². The Morgan fingerprint density at radius 2 is 2.06 bits per heavy atom. The van der Waals surface area contributed by atoms with E-state index >= 15 is 0 Å². The molecule has 2 heteroatoms. The van der Waals surface area contributed by atoms with Gasteiger partial charge in [-0.05, 0) is 36.9 Å². The Hall–Kier alpha value is -0.860. The molecule has 0 saturated carbocycles. The predicted molar refractivity (Wildman–Crippen MR) is 66.3 cm³/mol. The maximum absolute atomic E-state index is 3.51. The molecule has 1 atom stereocenters. The van der Waals surface area contributed by atoms with Gasteiger partial charge in [0.2, 0.25) is 0 Å². The van der Waals surface area contributed by atoms with Crippen molar-refractivity contribution in [2.24, 2.45) is 5.41 Å². The van der Waals surface area contributed by atoms with Crippen LogP contribution < -0.4 is 5.32 Å². The first-order valence-electron chi connectivity index (χ1n) is 6.33. The largest absolute Gasteiger partial charge is 0.316 e. The van der Waals surface area contributed by atoms with Crippen molar-refractivity contribution < 1.29 is 0 Å². The highest BCUT2D eigenvalue weighted by molar-refractivity contribution is 5.15. The van der Waals surface area contributed by atoms with E-state index < -0.39 is 0 Å². The van der Waals surface area contributed by atoms with Crippen LogP contribution in [0.15, 0.2) is 30.3 Å². The zero-order valence-electron chi connectivity index (χ0n) is 9.78. The zero-order chi connectivity index (χ0) is 10.8. The van der Waals surface area contributed by atoms with Gasteiger partial charge in [0.1, 0.15) is 0 Å². The van der Waals surface area contributed by atoms with Crippen LogP contribution in [0, 0.1) is 5.41 Å². The molecule has 0 aliphatic carbocycles. The van der Waals surface area contributed by atoms with E-state index in [1.54, 1.807) is 0 Å². The molecule has 1 N–H and O–H groups in total. The summed E-state index contributed by atoms with van der Waals surface area (Å²) in [7, 11) is 0. The summed E-state index contributed by atoms with van der Waals surface area (Å²) < 4.78 is 0. The lowest BCUT2D eigenvalue weighted by Crippen LogP contribution is -2.28. The standard InChI is InChI=1S/C14H20N2/c1-2-4-13(5-3-1)10-16-9-7-14(12-16)6-8-15-11-14/h1-5,15H,6-12H2/t14-/m0/s1. The summed E-state index contributed by atoms with van der Waals surface area (Å²) in [6.07, 6.45) is 2.76. The lowest BCUT2D eigenvalue weighted by atomic mass is 9.87. The topological polar surface area (TPSA) is 15.3 Å². The molecule has 1 aromatic rings. The normalized spacial score (nSPS) is 30.2. The van der Waals surface area contributed by atoms with Crippen LogP contribution >= 0.6 is 0 Å². The summed E-state index contributed by atoms with van der Waals surface area (Å²) in [5, 5.41) is 3.51. The van der Waals surface area contributed by atoms with Gasteiger partial charge < -0.3 is 5.32 Å². The smallest absolute Gasteiger partial charge is 0.0233 e. The third-order valence-electron chi connectivity index (χ3n) is 4.10. The quantitative estimate of drug-likeness (QED) is 0.812.